The van der Waals surface area contributed by atoms with Gasteiger partial charge < -0.3 is 0 Å². The number of hydrogen-bond donors (Lipinski definition) is 0. The first kappa shape index (κ1) is 13.2. The molecule has 0 aliphatic carbocycles. The summed E-state index contributed by atoms with van der Waals surface area (Å²) in [5, 5.41) is 0. The lowest BCUT2D eigenvalue weighted by atomic mass is 10.3. The molecule has 0 spiro atoms. The van der Waals surface area contributed by atoms with Crippen molar-refractivity contribution in [3.8, 4) is 0 Å². The topological polar surface area (TPSA) is 34.1 Å². The van der Waals surface area contributed by atoms with E-state index in [-0.39, 0.29) is 4.90 Å². The number of hydrogen-bond acceptors (Lipinski definition) is 2. The molecule has 6 heteroatoms. The van der Waals surface area contributed by atoms with Crippen LogP contribution in [0.2, 0.25) is 0 Å². The molecular weight excluding hydrogens is 326 g/mol. The molecule has 18 heavy (non-hydrogen) atoms. The second-order valence-corrected chi connectivity index (χ2v) is 6.31. The Balaban J connectivity index is 2.66. The molecule has 0 heterocycles. The summed E-state index contributed by atoms with van der Waals surface area (Å²) < 4.78 is 51.8. The molecule has 0 N–H and O–H groups in total. The molecule has 0 fully saturated rings. The van der Waals surface area contributed by atoms with Gasteiger partial charge in [-0.3, -0.25) is 0 Å². The summed E-state index contributed by atoms with van der Waals surface area (Å²) in [6, 6.07) is 8.49. The molecule has 2 aromatic rings. The van der Waals surface area contributed by atoms with Crippen LogP contribution in [-0.2, 0) is 9.84 Å². The Morgan fingerprint density at radius 3 is 1.89 bits per heavy atom. The van der Waals surface area contributed by atoms with Gasteiger partial charge in [0, 0.05) is 4.47 Å². The van der Waals surface area contributed by atoms with Crippen LogP contribution in [0.4, 0.5) is 8.78 Å². The van der Waals surface area contributed by atoms with Gasteiger partial charge in [-0.05, 0) is 36.4 Å². The Morgan fingerprint density at radius 2 is 1.39 bits per heavy atom. The van der Waals surface area contributed by atoms with E-state index in [0.29, 0.717) is 4.47 Å². The van der Waals surface area contributed by atoms with Gasteiger partial charge in [0.2, 0.25) is 9.84 Å². The maximum Gasteiger partial charge on any atom is 0.212 e. The zero-order chi connectivity index (χ0) is 13.3. The Hall–Kier alpha value is -1.27. The third-order valence-corrected chi connectivity index (χ3v) is 4.66. The van der Waals surface area contributed by atoms with Crippen LogP contribution >= 0.6 is 15.9 Å². The highest BCUT2D eigenvalue weighted by Crippen LogP contribution is 2.26. The molecule has 0 bridgehead atoms. The van der Waals surface area contributed by atoms with Crippen LogP contribution in [0.1, 0.15) is 0 Å². The number of halogens is 3. The van der Waals surface area contributed by atoms with Crippen molar-refractivity contribution in [3.05, 3.63) is 58.6 Å². The maximum atomic E-state index is 13.5. The van der Waals surface area contributed by atoms with E-state index in [4.69, 9.17) is 0 Å². The Kier molecular flexibility index (Phi) is 3.49. The first-order valence-electron chi connectivity index (χ1n) is 4.87. The molecule has 0 unspecified atom stereocenters. The molecule has 0 atom stereocenters. The molecule has 2 rings (SSSR count). The van der Waals surface area contributed by atoms with Crippen molar-refractivity contribution in [2.75, 3.05) is 0 Å². The van der Waals surface area contributed by atoms with Crippen LogP contribution in [0.25, 0.3) is 0 Å². The van der Waals surface area contributed by atoms with Gasteiger partial charge in [0.05, 0.1) is 4.90 Å². The van der Waals surface area contributed by atoms with Gasteiger partial charge in [0.1, 0.15) is 16.5 Å². The molecule has 0 amide bonds. The summed E-state index contributed by atoms with van der Waals surface area (Å²) in [4.78, 5) is -1.08. The Morgan fingerprint density at radius 1 is 0.889 bits per heavy atom. The van der Waals surface area contributed by atoms with E-state index in [1.807, 2.05) is 0 Å². The lowest BCUT2D eigenvalue weighted by molar-refractivity contribution is 0.519. The number of sulfone groups is 1. The quantitative estimate of drug-likeness (QED) is 0.842. The second kappa shape index (κ2) is 4.78. The van der Waals surface area contributed by atoms with Crippen LogP contribution < -0.4 is 0 Å². The standard InChI is InChI=1S/C12H7BrF2O2S/c13-8-4-6-9(7-5-8)18(16,17)12-10(14)2-1-3-11(12)15/h1-7H. The average molecular weight is 333 g/mol. The molecule has 0 radical (unpaired) electrons. The van der Waals surface area contributed by atoms with Gasteiger partial charge in [-0.15, -0.1) is 0 Å². The molecule has 0 aromatic heterocycles. The van der Waals surface area contributed by atoms with Crippen LogP contribution in [0, 0.1) is 11.6 Å². The fraction of sp³-hybridized carbons (Fsp3) is 0. The van der Waals surface area contributed by atoms with E-state index in [9.17, 15) is 17.2 Å². The van der Waals surface area contributed by atoms with Crippen LogP contribution in [0.15, 0.2) is 56.7 Å². The van der Waals surface area contributed by atoms with Gasteiger partial charge in [0.15, 0.2) is 0 Å². The summed E-state index contributed by atoms with van der Waals surface area (Å²) in [5.41, 5.74) is 0. The van der Waals surface area contributed by atoms with Crippen molar-refractivity contribution < 1.29 is 17.2 Å². The van der Waals surface area contributed by atoms with Crippen molar-refractivity contribution in [2.45, 2.75) is 9.79 Å². The van der Waals surface area contributed by atoms with Gasteiger partial charge in [-0.25, -0.2) is 17.2 Å². The third-order valence-electron chi connectivity index (χ3n) is 2.31. The lowest BCUT2D eigenvalue weighted by Crippen LogP contribution is -2.07. The summed E-state index contributed by atoms with van der Waals surface area (Å²) in [6.07, 6.45) is 0. The molecule has 0 saturated carbocycles. The summed E-state index contributed by atoms with van der Waals surface area (Å²) in [6.45, 7) is 0. The van der Waals surface area contributed by atoms with E-state index < -0.39 is 26.4 Å². The van der Waals surface area contributed by atoms with Gasteiger partial charge in [-0.1, -0.05) is 22.0 Å². The van der Waals surface area contributed by atoms with E-state index in [0.717, 1.165) is 18.2 Å². The molecular formula is C12H7BrF2O2S. The maximum absolute atomic E-state index is 13.5. The minimum absolute atomic E-state index is 0.158. The lowest BCUT2D eigenvalue weighted by Gasteiger charge is -2.06. The van der Waals surface area contributed by atoms with E-state index in [1.165, 1.54) is 24.3 Å². The van der Waals surface area contributed by atoms with Crippen molar-refractivity contribution in [1.29, 1.82) is 0 Å². The highest BCUT2D eigenvalue weighted by atomic mass is 79.9. The van der Waals surface area contributed by atoms with Crippen LogP contribution in [0.3, 0.4) is 0 Å². The summed E-state index contributed by atoms with van der Waals surface area (Å²) in [7, 11) is -4.19. The minimum atomic E-state index is -4.19. The smallest absolute Gasteiger partial charge is 0.212 e. The molecule has 0 aliphatic rings. The molecule has 2 nitrogen and oxygen atoms in total. The summed E-state index contributed by atoms with van der Waals surface area (Å²) >= 11 is 3.15. The highest BCUT2D eigenvalue weighted by Gasteiger charge is 2.25. The Labute approximate surface area is 111 Å². The normalized spacial score (nSPS) is 11.5. The zero-order valence-electron chi connectivity index (χ0n) is 8.90. The molecule has 0 saturated heterocycles. The monoisotopic (exact) mass is 332 g/mol. The molecule has 0 aliphatic heterocycles. The Bertz CT molecular complexity index is 661. The zero-order valence-corrected chi connectivity index (χ0v) is 11.3. The van der Waals surface area contributed by atoms with Crippen molar-refractivity contribution in [1.82, 2.24) is 0 Å². The average Bonchev–Trinajstić information content (AvgIpc) is 2.29. The molecule has 2 aromatic carbocycles. The number of benzene rings is 2. The first-order chi connectivity index (χ1) is 8.43. The third kappa shape index (κ3) is 2.30. The van der Waals surface area contributed by atoms with Gasteiger partial charge in [0.25, 0.3) is 0 Å². The fourth-order valence-corrected chi connectivity index (χ4v) is 3.11. The minimum Gasteiger partial charge on any atom is -0.218 e. The predicted octanol–water partition coefficient (Wildman–Crippen LogP) is 3.56. The fourth-order valence-electron chi connectivity index (χ4n) is 1.47. The van der Waals surface area contributed by atoms with E-state index in [1.54, 1.807) is 0 Å². The SMILES string of the molecule is O=S(=O)(c1ccc(Br)cc1)c1c(F)cccc1F. The predicted molar refractivity (Wildman–Crippen MR) is 66.0 cm³/mol. The first-order valence-corrected chi connectivity index (χ1v) is 7.15. The van der Waals surface area contributed by atoms with E-state index >= 15 is 0 Å². The van der Waals surface area contributed by atoms with Gasteiger partial charge in [-0.2, -0.15) is 0 Å². The van der Waals surface area contributed by atoms with Crippen LogP contribution in [-0.4, -0.2) is 8.42 Å². The van der Waals surface area contributed by atoms with E-state index in [2.05, 4.69) is 15.9 Å². The highest BCUT2D eigenvalue weighted by molar-refractivity contribution is 9.10. The molecule has 94 valence electrons. The number of rotatable bonds is 2. The van der Waals surface area contributed by atoms with Crippen LogP contribution in [0.5, 0.6) is 0 Å². The van der Waals surface area contributed by atoms with Crippen molar-refractivity contribution >= 4 is 25.8 Å². The largest absolute Gasteiger partial charge is 0.218 e. The van der Waals surface area contributed by atoms with Crippen molar-refractivity contribution in [2.24, 2.45) is 0 Å². The summed E-state index contributed by atoms with van der Waals surface area (Å²) in [5.74, 6) is -2.20. The van der Waals surface area contributed by atoms with Gasteiger partial charge >= 0.3 is 0 Å². The second-order valence-electron chi connectivity index (χ2n) is 3.51. The van der Waals surface area contributed by atoms with Crippen molar-refractivity contribution in [3.63, 3.8) is 0 Å².